The van der Waals surface area contributed by atoms with Gasteiger partial charge in [0.25, 0.3) is 5.91 Å². The molecule has 2 aliphatic rings. The van der Waals surface area contributed by atoms with Crippen molar-refractivity contribution >= 4 is 35.0 Å². The Morgan fingerprint density at radius 2 is 1.53 bits per heavy atom. The highest BCUT2D eigenvalue weighted by Crippen LogP contribution is 2.33. The highest BCUT2D eigenvalue weighted by Gasteiger charge is 2.24. The number of fused-ring (bicyclic) bond motifs is 1. The summed E-state index contributed by atoms with van der Waals surface area (Å²) < 4.78 is 10.8. The molecule has 0 aromatic heterocycles. The first-order valence-corrected chi connectivity index (χ1v) is 12.2. The summed E-state index contributed by atoms with van der Waals surface area (Å²) in [4.78, 5) is 23.9. The molecule has 2 aliphatic heterocycles. The molecule has 7 heteroatoms. The summed E-state index contributed by atoms with van der Waals surface area (Å²) in [6.45, 7) is 0.201. The Bertz CT molecular complexity index is 1540. The third-order valence-corrected chi connectivity index (χ3v) is 6.27. The molecule has 6 rings (SSSR count). The minimum absolute atomic E-state index is 0.201. The Balaban J connectivity index is 1.24. The van der Waals surface area contributed by atoms with Crippen molar-refractivity contribution in [3.63, 3.8) is 0 Å². The van der Waals surface area contributed by atoms with Gasteiger partial charge in [-0.25, -0.2) is 9.98 Å². The second-order valence-corrected chi connectivity index (χ2v) is 8.80. The number of nitrogens with one attached hydrogen (secondary N) is 1. The second kappa shape index (κ2) is 10.1. The van der Waals surface area contributed by atoms with E-state index in [4.69, 9.17) is 14.5 Å². The van der Waals surface area contributed by atoms with Crippen LogP contribution in [0.25, 0.3) is 6.08 Å². The number of nitrogens with zero attached hydrogens (tertiary/aromatic N) is 3. The van der Waals surface area contributed by atoms with Crippen molar-refractivity contribution in [1.82, 2.24) is 5.32 Å². The summed E-state index contributed by atoms with van der Waals surface area (Å²) in [6, 6.07) is 33.6. The molecule has 0 spiro atoms. The lowest BCUT2D eigenvalue weighted by atomic mass is 10.0. The number of guanidine groups is 1. The van der Waals surface area contributed by atoms with E-state index in [0.29, 0.717) is 23.2 Å². The average molecular weight is 501 g/mol. The van der Waals surface area contributed by atoms with Gasteiger partial charge in [-0.05, 0) is 48.0 Å². The first-order chi connectivity index (χ1) is 18.6. The minimum Gasteiger partial charge on any atom is -0.454 e. The molecular weight excluding hydrogens is 476 g/mol. The lowest BCUT2D eigenvalue weighted by molar-refractivity contribution is -0.115. The maximum atomic E-state index is 12.6. The number of anilines is 1. The highest BCUT2D eigenvalue weighted by molar-refractivity contribution is 6.18. The Labute approximate surface area is 220 Å². The first kappa shape index (κ1) is 23.2. The first-order valence-electron chi connectivity index (χ1n) is 12.2. The van der Waals surface area contributed by atoms with Crippen LogP contribution in [0.1, 0.15) is 16.7 Å². The van der Waals surface area contributed by atoms with Crippen LogP contribution in [-0.4, -0.2) is 31.4 Å². The van der Waals surface area contributed by atoms with Gasteiger partial charge in [-0.15, -0.1) is 0 Å². The molecule has 1 amide bonds. The Morgan fingerprint density at radius 1 is 0.868 bits per heavy atom. The molecule has 0 aliphatic carbocycles. The number of carbonyl (C=O) groups excluding carboxylic acids is 1. The number of ether oxygens (including phenoxy) is 2. The molecule has 186 valence electrons. The van der Waals surface area contributed by atoms with E-state index >= 15 is 0 Å². The highest BCUT2D eigenvalue weighted by atomic mass is 16.7. The fraction of sp³-hybridized carbons (Fsp3) is 0.0645. The number of hydrogen-bond donors (Lipinski definition) is 1. The van der Waals surface area contributed by atoms with Crippen LogP contribution in [0, 0.1) is 0 Å². The number of rotatable bonds is 5. The lowest BCUT2D eigenvalue weighted by Gasteiger charge is -2.18. The Morgan fingerprint density at radius 3 is 2.21 bits per heavy atom. The van der Waals surface area contributed by atoms with Gasteiger partial charge in [0, 0.05) is 23.9 Å². The molecular formula is C31H24N4O3. The van der Waals surface area contributed by atoms with Crippen molar-refractivity contribution in [2.75, 3.05) is 18.7 Å². The van der Waals surface area contributed by atoms with Gasteiger partial charge >= 0.3 is 0 Å². The van der Waals surface area contributed by atoms with Crippen LogP contribution in [0.4, 0.5) is 11.4 Å². The van der Waals surface area contributed by atoms with E-state index in [1.165, 1.54) is 0 Å². The van der Waals surface area contributed by atoms with Gasteiger partial charge in [-0.2, -0.15) is 0 Å². The van der Waals surface area contributed by atoms with Crippen LogP contribution < -0.4 is 19.7 Å². The number of hydrogen-bond acceptors (Lipinski definition) is 6. The third-order valence-electron chi connectivity index (χ3n) is 6.27. The molecule has 1 N–H and O–H groups in total. The molecule has 2 heterocycles. The van der Waals surface area contributed by atoms with Crippen LogP contribution >= 0.6 is 0 Å². The van der Waals surface area contributed by atoms with Crippen LogP contribution in [-0.2, 0) is 4.79 Å². The van der Waals surface area contributed by atoms with E-state index < -0.39 is 0 Å². The van der Waals surface area contributed by atoms with Crippen molar-refractivity contribution in [2.24, 2.45) is 9.98 Å². The Hall–Kier alpha value is -5.17. The number of amides is 1. The minimum atomic E-state index is -0.263. The van der Waals surface area contributed by atoms with E-state index in [-0.39, 0.29) is 12.7 Å². The molecule has 0 atom stereocenters. The predicted molar refractivity (Wildman–Crippen MR) is 149 cm³/mol. The van der Waals surface area contributed by atoms with Gasteiger partial charge in [-0.3, -0.25) is 10.1 Å². The average Bonchev–Trinajstić information content (AvgIpc) is 3.58. The quantitative estimate of drug-likeness (QED) is 0.288. The monoisotopic (exact) mass is 500 g/mol. The molecule has 0 radical (unpaired) electrons. The number of aliphatic imine (C=N–C) groups is 2. The van der Waals surface area contributed by atoms with Crippen molar-refractivity contribution < 1.29 is 14.3 Å². The molecule has 4 aromatic rings. The molecule has 38 heavy (non-hydrogen) atoms. The maximum Gasteiger partial charge on any atom is 0.276 e. The predicted octanol–water partition coefficient (Wildman–Crippen LogP) is 5.55. The number of carbonyl (C=O) groups is 1. The van der Waals surface area contributed by atoms with E-state index in [1.807, 2.05) is 90.8 Å². The van der Waals surface area contributed by atoms with Crippen LogP contribution in [0.3, 0.4) is 0 Å². The summed E-state index contributed by atoms with van der Waals surface area (Å²) in [5, 5.41) is 2.85. The number of benzene rings is 4. The van der Waals surface area contributed by atoms with E-state index in [0.717, 1.165) is 33.8 Å². The third kappa shape index (κ3) is 4.77. The summed E-state index contributed by atoms with van der Waals surface area (Å²) in [5.41, 5.74) is 5.82. The van der Waals surface area contributed by atoms with E-state index in [2.05, 4.69) is 34.6 Å². The topological polar surface area (TPSA) is 75.5 Å². The summed E-state index contributed by atoms with van der Waals surface area (Å²) in [5.74, 6) is 1.54. The van der Waals surface area contributed by atoms with Gasteiger partial charge in [0.2, 0.25) is 12.8 Å². The van der Waals surface area contributed by atoms with Gasteiger partial charge in [-0.1, -0.05) is 66.7 Å². The zero-order valence-corrected chi connectivity index (χ0v) is 20.7. The molecule has 0 saturated heterocycles. The molecule has 0 saturated carbocycles. The zero-order chi connectivity index (χ0) is 25.9. The van der Waals surface area contributed by atoms with Gasteiger partial charge < -0.3 is 14.4 Å². The van der Waals surface area contributed by atoms with E-state index in [1.54, 1.807) is 6.08 Å². The normalized spacial score (nSPS) is 14.7. The van der Waals surface area contributed by atoms with Crippen LogP contribution in [0.2, 0.25) is 0 Å². The van der Waals surface area contributed by atoms with Gasteiger partial charge in [0.1, 0.15) is 5.70 Å². The summed E-state index contributed by atoms with van der Waals surface area (Å²) >= 11 is 0. The lowest BCUT2D eigenvalue weighted by Crippen LogP contribution is -2.37. The molecule has 7 nitrogen and oxygen atoms in total. The zero-order valence-electron chi connectivity index (χ0n) is 20.7. The van der Waals surface area contributed by atoms with Crippen LogP contribution in [0.5, 0.6) is 11.5 Å². The van der Waals surface area contributed by atoms with Crippen molar-refractivity contribution in [2.45, 2.75) is 0 Å². The smallest absolute Gasteiger partial charge is 0.276 e. The molecule has 4 aromatic carbocycles. The van der Waals surface area contributed by atoms with Crippen molar-refractivity contribution in [3.8, 4) is 11.5 Å². The standard InChI is InChI=1S/C31H24N4O3/c1-35(31-33-26(30(36)34-31)18-21-12-17-27-28(19-21)38-20-37-27)25-15-13-24(14-16-25)32-29(22-8-4-2-5-9-22)23-10-6-3-7-11-23/h2-19H,20H2,1H3,(H,33,34,36)/b26-18-. The van der Waals surface area contributed by atoms with E-state index in [9.17, 15) is 4.79 Å². The summed E-state index contributed by atoms with van der Waals surface area (Å²) in [6.07, 6.45) is 1.73. The molecule has 0 unspecified atom stereocenters. The molecule has 0 fully saturated rings. The fourth-order valence-corrected chi connectivity index (χ4v) is 4.27. The fourth-order valence-electron chi connectivity index (χ4n) is 4.27. The molecule has 0 bridgehead atoms. The summed E-state index contributed by atoms with van der Waals surface area (Å²) in [7, 11) is 1.86. The largest absolute Gasteiger partial charge is 0.454 e. The van der Waals surface area contributed by atoms with Crippen molar-refractivity contribution in [3.05, 3.63) is 126 Å². The maximum absolute atomic E-state index is 12.6. The van der Waals surface area contributed by atoms with Gasteiger partial charge in [0.15, 0.2) is 11.5 Å². The van der Waals surface area contributed by atoms with Crippen molar-refractivity contribution in [1.29, 1.82) is 0 Å². The van der Waals surface area contributed by atoms with Crippen LogP contribution in [0.15, 0.2) is 119 Å². The second-order valence-electron chi connectivity index (χ2n) is 8.80. The van der Waals surface area contributed by atoms with Gasteiger partial charge in [0.05, 0.1) is 11.4 Å². The SMILES string of the molecule is CN(C1=N/C(=C\c2ccc3c(c2)OCO3)C(=O)N1)c1ccc(N=C(c2ccccc2)c2ccccc2)cc1. The Kier molecular flexibility index (Phi) is 6.16.